The lowest BCUT2D eigenvalue weighted by Crippen LogP contribution is -2.33. The zero-order valence-electron chi connectivity index (χ0n) is 20.2. The maximum atomic E-state index is 6.04. The molecule has 3 heterocycles. The first-order valence-electron chi connectivity index (χ1n) is 11.9. The lowest BCUT2D eigenvalue weighted by molar-refractivity contribution is 0.109. The summed E-state index contributed by atoms with van der Waals surface area (Å²) in [4.78, 5) is 9.13. The summed E-state index contributed by atoms with van der Waals surface area (Å²) in [6, 6.07) is 25.3. The predicted molar refractivity (Wildman–Crippen MR) is 140 cm³/mol. The molecule has 0 atom stereocenters. The summed E-state index contributed by atoms with van der Waals surface area (Å²) in [7, 11) is 2.15. The van der Waals surface area contributed by atoms with Crippen molar-refractivity contribution in [2.24, 2.45) is 5.92 Å². The summed E-state index contributed by atoms with van der Waals surface area (Å²) >= 11 is 0. The summed E-state index contributed by atoms with van der Waals surface area (Å²) in [5.41, 5.74) is 7.08. The molecule has 34 heavy (non-hydrogen) atoms. The highest BCUT2D eigenvalue weighted by Crippen LogP contribution is 2.39. The number of nitrogens with zero attached hydrogens (tertiary/aromatic N) is 4. The SMILES string of the molecule is CC(C)CN1COCc2c1cn(Cc1ccc(-c3ccccn3)cc1)c2N(C)c1ccccc1. The summed E-state index contributed by atoms with van der Waals surface area (Å²) < 4.78 is 8.41. The largest absolute Gasteiger partial charge is 0.356 e. The molecule has 0 radical (unpaired) electrons. The number of aromatic nitrogens is 2. The van der Waals surface area contributed by atoms with E-state index in [1.807, 2.05) is 24.4 Å². The molecule has 0 amide bonds. The molecule has 0 saturated carbocycles. The van der Waals surface area contributed by atoms with E-state index in [1.54, 1.807) is 0 Å². The van der Waals surface area contributed by atoms with Crippen molar-refractivity contribution in [3.8, 4) is 11.3 Å². The third kappa shape index (κ3) is 4.57. The lowest BCUT2D eigenvalue weighted by atomic mass is 10.1. The summed E-state index contributed by atoms with van der Waals surface area (Å²) in [5, 5.41) is 0. The van der Waals surface area contributed by atoms with Crippen LogP contribution in [0.2, 0.25) is 0 Å². The Balaban J connectivity index is 1.51. The van der Waals surface area contributed by atoms with Crippen LogP contribution in [0.1, 0.15) is 25.0 Å². The molecule has 0 fully saturated rings. The van der Waals surface area contributed by atoms with Crippen LogP contribution in [0.15, 0.2) is 85.2 Å². The molecule has 4 aromatic rings. The van der Waals surface area contributed by atoms with E-state index in [9.17, 15) is 0 Å². The Morgan fingerprint density at radius 2 is 1.74 bits per heavy atom. The highest BCUT2D eigenvalue weighted by molar-refractivity contribution is 5.72. The molecule has 2 aromatic carbocycles. The van der Waals surface area contributed by atoms with Crippen LogP contribution in [-0.2, 0) is 17.9 Å². The van der Waals surface area contributed by atoms with Gasteiger partial charge in [0, 0.05) is 49.3 Å². The number of anilines is 3. The van der Waals surface area contributed by atoms with Crippen molar-refractivity contribution in [1.82, 2.24) is 9.55 Å². The molecule has 1 aliphatic rings. The molecule has 174 valence electrons. The van der Waals surface area contributed by atoms with Gasteiger partial charge in [0.1, 0.15) is 12.5 Å². The second kappa shape index (κ2) is 9.74. The van der Waals surface area contributed by atoms with E-state index in [0.29, 0.717) is 19.3 Å². The maximum Gasteiger partial charge on any atom is 0.120 e. The Morgan fingerprint density at radius 1 is 0.971 bits per heavy atom. The maximum absolute atomic E-state index is 6.04. The number of ether oxygens (including phenoxy) is 1. The summed E-state index contributed by atoms with van der Waals surface area (Å²) in [6.07, 6.45) is 4.14. The Hall–Kier alpha value is -3.57. The third-order valence-electron chi connectivity index (χ3n) is 6.28. The standard InChI is InChI=1S/C29H32N4O/c1-22(2)17-33-21-34-20-26-28(33)19-32(29(26)31(3)25-9-5-4-6-10-25)18-23-12-14-24(15-13-23)27-11-7-8-16-30-27/h4-16,19,22H,17-18,20-21H2,1-3H3. The fraction of sp³-hybridized carbons (Fsp3) is 0.276. The Morgan fingerprint density at radius 3 is 2.44 bits per heavy atom. The van der Waals surface area contributed by atoms with Crippen LogP contribution in [0.3, 0.4) is 0 Å². The Labute approximate surface area is 202 Å². The van der Waals surface area contributed by atoms with E-state index in [1.165, 1.54) is 22.6 Å². The number of hydrogen-bond donors (Lipinski definition) is 0. The highest BCUT2D eigenvalue weighted by atomic mass is 16.5. The van der Waals surface area contributed by atoms with Crippen LogP contribution in [-0.4, -0.2) is 29.9 Å². The van der Waals surface area contributed by atoms with Gasteiger partial charge in [0.15, 0.2) is 0 Å². The molecular formula is C29H32N4O. The monoisotopic (exact) mass is 452 g/mol. The molecule has 0 aliphatic carbocycles. The molecule has 2 aromatic heterocycles. The summed E-state index contributed by atoms with van der Waals surface area (Å²) in [5.74, 6) is 1.75. The number of hydrogen-bond acceptors (Lipinski definition) is 4. The number of fused-ring (bicyclic) bond motifs is 1. The van der Waals surface area contributed by atoms with Crippen LogP contribution < -0.4 is 9.80 Å². The zero-order valence-corrected chi connectivity index (χ0v) is 20.2. The fourth-order valence-electron chi connectivity index (χ4n) is 4.71. The van der Waals surface area contributed by atoms with E-state index in [0.717, 1.165) is 30.0 Å². The van der Waals surface area contributed by atoms with Gasteiger partial charge in [0.25, 0.3) is 0 Å². The molecule has 0 N–H and O–H groups in total. The normalized spacial score (nSPS) is 13.2. The molecule has 0 bridgehead atoms. The minimum atomic E-state index is 0.562. The average molecular weight is 453 g/mol. The van der Waals surface area contributed by atoms with Crippen LogP contribution in [0.25, 0.3) is 11.3 Å². The van der Waals surface area contributed by atoms with Crippen molar-refractivity contribution in [1.29, 1.82) is 0 Å². The van der Waals surface area contributed by atoms with E-state index in [4.69, 9.17) is 4.74 Å². The highest BCUT2D eigenvalue weighted by Gasteiger charge is 2.27. The number of pyridine rings is 1. The van der Waals surface area contributed by atoms with Crippen molar-refractivity contribution in [2.45, 2.75) is 27.0 Å². The van der Waals surface area contributed by atoms with Gasteiger partial charge in [0.05, 0.1) is 18.0 Å². The van der Waals surface area contributed by atoms with Gasteiger partial charge in [-0.2, -0.15) is 0 Å². The fourth-order valence-corrected chi connectivity index (χ4v) is 4.71. The second-order valence-corrected chi connectivity index (χ2v) is 9.34. The first-order chi connectivity index (χ1) is 16.6. The molecule has 5 heteroatoms. The van der Waals surface area contributed by atoms with Crippen molar-refractivity contribution >= 4 is 17.2 Å². The van der Waals surface area contributed by atoms with Gasteiger partial charge in [-0.25, -0.2) is 0 Å². The van der Waals surface area contributed by atoms with Gasteiger partial charge in [-0.3, -0.25) is 4.98 Å². The van der Waals surface area contributed by atoms with Crippen LogP contribution in [0.5, 0.6) is 0 Å². The zero-order chi connectivity index (χ0) is 23.5. The predicted octanol–water partition coefficient (Wildman–Crippen LogP) is 6.32. The molecule has 1 aliphatic heterocycles. The average Bonchev–Trinajstić information content (AvgIpc) is 3.23. The number of para-hydroxylation sites is 1. The van der Waals surface area contributed by atoms with E-state index < -0.39 is 0 Å². The van der Waals surface area contributed by atoms with E-state index >= 15 is 0 Å². The lowest BCUT2D eigenvalue weighted by Gasteiger charge is -2.31. The molecule has 5 nitrogen and oxygen atoms in total. The number of rotatable bonds is 7. The molecule has 0 saturated heterocycles. The Kier molecular flexibility index (Phi) is 6.37. The topological polar surface area (TPSA) is 33.5 Å². The van der Waals surface area contributed by atoms with Crippen molar-refractivity contribution in [2.75, 3.05) is 30.1 Å². The smallest absolute Gasteiger partial charge is 0.120 e. The quantitative estimate of drug-likeness (QED) is 0.329. The van der Waals surface area contributed by atoms with Crippen LogP contribution in [0.4, 0.5) is 17.2 Å². The summed E-state index contributed by atoms with van der Waals surface area (Å²) in [6.45, 7) is 7.54. The van der Waals surface area contributed by atoms with Crippen molar-refractivity contribution < 1.29 is 4.74 Å². The van der Waals surface area contributed by atoms with Crippen molar-refractivity contribution in [3.63, 3.8) is 0 Å². The molecule has 0 unspecified atom stereocenters. The van der Waals surface area contributed by atoms with Gasteiger partial charge in [-0.15, -0.1) is 0 Å². The van der Waals surface area contributed by atoms with Gasteiger partial charge < -0.3 is 19.1 Å². The van der Waals surface area contributed by atoms with E-state index in [-0.39, 0.29) is 0 Å². The van der Waals surface area contributed by atoms with Gasteiger partial charge in [-0.05, 0) is 35.7 Å². The molecule has 5 rings (SSSR count). The third-order valence-corrected chi connectivity index (χ3v) is 6.28. The first-order valence-corrected chi connectivity index (χ1v) is 11.9. The van der Waals surface area contributed by atoms with Gasteiger partial charge >= 0.3 is 0 Å². The first kappa shape index (κ1) is 22.2. The number of benzene rings is 2. The van der Waals surface area contributed by atoms with Crippen LogP contribution >= 0.6 is 0 Å². The molecule has 0 spiro atoms. The van der Waals surface area contributed by atoms with Crippen molar-refractivity contribution in [3.05, 3.63) is 96.3 Å². The Bertz CT molecular complexity index is 1220. The second-order valence-electron chi connectivity index (χ2n) is 9.34. The minimum absolute atomic E-state index is 0.562. The van der Waals surface area contributed by atoms with Gasteiger partial charge in [0.2, 0.25) is 0 Å². The van der Waals surface area contributed by atoms with E-state index in [2.05, 4.69) is 101 Å². The van der Waals surface area contributed by atoms with Gasteiger partial charge in [-0.1, -0.05) is 62.4 Å². The van der Waals surface area contributed by atoms with Crippen LogP contribution in [0, 0.1) is 5.92 Å². The minimum Gasteiger partial charge on any atom is -0.356 e. The molecular weight excluding hydrogens is 420 g/mol.